The fourth-order valence-electron chi connectivity index (χ4n) is 1.88. The van der Waals surface area contributed by atoms with Crippen molar-refractivity contribution in [2.75, 3.05) is 24.3 Å². The molecule has 1 unspecified atom stereocenters. The Bertz CT molecular complexity index is 566. The van der Waals surface area contributed by atoms with Gasteiger partial charge in [-0.1, -0.05) is 15.9 Å². The van der Waals surface area contributed by atoms with Gasteiger partial charge in [0.05, 0.1) is 17.4 Å². The van der Waals surface area contributed by atoms with Gasteiger partial charge in [0.2, 0.25) is 0 Å². The Kier molecular flexibility index (Phi) is 4.58. The predicted molar refractivity (Wildman–Crippen MR) is 86.9 cm³/mol. The van der Waals surface area contributed by atoms with E-state index in [0.29, 0.717) is 0 Å². The number of hydrogen-bond donors (Lipinski definition) is 1. The van der Waals surface area contributed by atoms with Crippen molar-refractivity contribution < 1.29 is 4.42 Å². The maximum absolute atomic E-state index is 5.58. The van der Waals surface area contributed by atoms with E-state index in [4.69, 9.17) is 4.42 Å². The van der Waals surface area contributed by atoms with Crippen LogP contribution < -0.4 is 10.2 Å². The first kappa shape index (κ1) is 14.5. The van der Waals surface area contributed by atoms with Crippen molar-refractivity contribution in [1.29, 1.82) is 0 Å². The van der Waals surface area contributed by atoms with Crippen molar-refractivity contribution >= 4 is 43.2 Å². The van der Waals surface area contributed by atoms with E-state index in [1.165, 1.54) is 0 Å². The standard InChI is InChI=1S/C14H16Br2N2O/c1-9(13-6-7-14(16)19-13)17-11-8-10(15)4-5-12(11)18(2)3/h4-9,17H,1-3H3. The zero-order valence-corrected chi connectivity index (χ0v) is 14.2. The van der Waals surface area contributed by atoms with Crippen LogP contribution in [0.2, 0.25) is 0 Å². The predicted octanol–water partition coefficient (Wildman–Crippen LogP) is 5.04. The van der Waals surface area contributed by atoms with Crippen molar-refractivity contribution in [3.63, 3.8) is 0 Å². The van der Waals surface area contributed by atoms with Crippen LogP contribution in [0.25, 0.3) is 0 Å². The second kappa shape index (κ2) is 6.01. The topological polar surface area (TPSA) is 28.4 Å². The summed E-state index contributed by atoms with van der Waals surface area (Å²) in [5, 5.41) is 3.48. The molecule has 0 spiro atoms. The molecule has 0 bridgehead atoms. The number of halogens is 2. The zero-order valence-electron chi connectivity index (χ0n) is 11.1. The van der Waals surface area contributed by atoms with E-state index < -0.39 is 0 Å². The molecular weight excluding hydrogens is 372 g/mol. The Morgan fingerprint density at radius 2 is 1.89 bits per heavy atom. The van der Waals surface area contributed by atoms with Crippen molar-refractivity contribution in [1.82, 2.24) is 0 Å². The van der Waals surface area contributed by atoms with Gasteiger partial charge in [-0.3, -0.25) is 0 Å². The molecule has 102 valence electrons. The highest BCUT2D eigenvalue weighted by molar-refractivity contribution is 9.10. The lowest BCUT2D eigenvalue weighted by Crippen LogP contribution is -2.13. The fourth-order valence-corrected chi connectivity index (χ4v) is 2.56. The Morgan fingerprint density at radius 1 is 1.16 bits per heavy atom. The van der Waals surface area contributed by atoms with Crippen LogP contribution in [0.15, 0.2) is 43.9 Å². The molecule has 0 radical (unpaired) electrons. The Hall–Kier alpha value is -0.940. The molecule has 2 rings (SSSR count). The van der Waals surface area contributed by atoms with Gasteiger partial charge in [-0.05, 0) is 53.2 Å². The highest BCUT2D eigenvalue weighted by Gasteiger charge is 2.13. The molecule has 1 aromatic heterocycles. The molecule has 1 aromatic carbocycles. The van der Waals surface area contributed by atoms with Crippen LogP contribution in [0, 0.1) is 0 Å². The average molecular weight is 388 g/mol. The van der Waals surface area contributed by atoms with Crippen LogP contribution in [-0.4, -0.2) is 14.1 Å². The van der Waals surface area contributed by atoms with E-state index in [1.807, 2.05) is 32.3 Å². The van der Waals surface area contributed by atoms with Gasteiger partial charge in [0.1, 0.15) is 5.76 Å². The number of nitrogens with one attached hydrogen (secondary N) is 1. The van der Waals surface area contributed by atoms with Gasteiger partial charge in [0.15, 0.2) is 4.67 Å². The van der Waals surface area contributed by atoms with E-state index in [1.54, 1.807) is 0 Å². The molecule has 0 aliphatic rings. The quantitative estimate of drug-likeness (QED) is 0.796. The largest absolute Gasteiger partial charge is 0.452 e. The van der Waals surface area contributed by atoms with Gasteiger partial charge in [-0.25, -0.2) is 0 Å². The minimum atomic E-state index is 0.0966. The van der Waals surface area contributed by atoms with Gasteiger partial charge in [-0.15, -0.1) is 0 Å². The third kappa shape index (κ3) is 3.54. The lowest BCUT2D eigenvalue weighted by molar-refractivity contribution is 0.471. The van der Waals surface area contributed by atoms with Crippen LogP contribution in [0.3, 0.4) is 0 Å². The first-order valence-electron chi connectivity index (χ1n) is 5.96. The fraction of sp³-hybridized carbons (Fsp3) is 0.286. The summed E-state index contributed by atoms with van der Waals surface area (Å²) < 4.78 is 7.37. The van der Waals surface area contributed by atoms with Gasteiger partial charge >= 0.3 is 0 Å². The lowest BCUT2D eigenvalue weighted by Gasteiger charge is -2.21. The van der Waals surface area contributed by atoms with E-state index in [9.17, 15) is 0 Å². The normalized spacial score (nSPS) is 12.3. The molecule has 0 amide bonds. The number of hydrogen-bond acceptors (Lipinski definition) is 3. The molecule has 0 saturated heterocycles. The van der Waals surface area contributed by atoms with Gasteiger partial charge in [0, 0.05) is 18.6 Å². The molecule has 19 heavy (non-hydrogen) atoms. The molecule has 0 aliphatic heterocycles. The summed E-state index contributed by atoms with van der Waals surface area (Å²) in [5.74, 6) is 0.900. The second-order valence-corrected chi connectivity index (χ2v) is 6.26. The molecule has 1 heterocycles. The number of nitrogens with zero attached hydrogens (tertiary/aromatic N) is 1. The summed E-state index contributed by atoms with van der Waals surface area (Å²) in [4.78, 5) is 2.08. The first-order valence-corrected chi connectivity index (χ1v) is 7.54. The minimum Gasteiger partial charge on any atom is -0.452 e. The smallest absolute Gasteiger partial charge is 0.169 e. The lowest BCUT2D eigenvalue weighted by atomic mass is 10.2. The zero-order chi connectivity index (χ0) is 14.0. The third-order valence-corrected chi connectivity index (χ3v) is 3.75. The SMILES string of the molecule is CC(Nc1cc(Br)ccc1N(C)C)c1ccc(Br)o1. The highest BCUT2D eigenvalue weighted by atomic mass is 79.9. The monoisotopic (exact) mass is 386 g/mol. The van der Waals surface area contributed by atoms with Crippen molar-refractivity contribution in [2.24, 2.45) is 0 Å². The number of anilines is 2. The van der Waals surface area contributed by atoms with Crippen LogP contribution in [0.4, 0.5) is 11.4 Å². The molecule has 2 aromatic rings. The van der Waals surface area contributed by atoms with Gasteiger partial charge in [0.25, 0.3) is 0 Å². The summed E-state index contributed by atoms with van der Waals surface area (Å²) in [5.41, 5.74) is 2.21. The van der Waals surface area contributed by atoms with E-state index in [0.717, 1.165) is 26.3 Å². The minimum absolute atomic E-state index is 0.0966. The summed E-state index contributed by atoms with van der Waals surface area (Å²) >= 11 is 6.83. The van der Waals surface area contributed by atoms with Crippen molar-refractivity contribution in [3.8, 4) is 0 Å². The van der Waals surface area contributed by atoms with Crippen molar-refractivity contribution in [2.45, 2.75) is 13.0 Å². The second-order valence-electron chi connectivity index (χ2n) is 4.56. The van der Waals surface area contributed by atoms with Gasteiger partial charge < -0.3 is 14.6 Å². The number of rotatable bonds is 4. The van der Waals surface area contributed by atoms with Gasteiger partial charge in [-0.2, -0.15) is 0 Å². The van der Waals surface area contributed by atoms with E-state index >= 15 is 0 Å². The summed E-state index contributed by atoms with van der Waals surface area (Å²) in [7, 11) is 4.06. The molecule has 5 heteroatoms. The summed E-state index contributed by atoms with van der Waals surface area (Å²) in [6.07, 6.45) is 0. The van der Waals surface area contributed by atoms with Crippen LogP contribution >= 0.6 is 31.9 Å². The highest BCUT2D eigenvalue weighted by Crippen LogP contribution is 2.31. The molecular formula is C14H16Br2N2O. The molecule has 1 N–H and O–H groups in total. The molecule has 1 atom stereocenters. The molecule has 3 nitrogen and oxygen atoms in total. The van der Waals surface area contributed by atoms with Crippen molar-refractivity contribution in [3.05, 3.63) is 45.2 Å². The third-order valence-electron chi connectivity index (χ3n) is 2.83. The summed E-state index contributed by atoms with van der Waals surface area (Å²) in [6.45, 7) is 2.08. The van der Waals surface area contributed by atoms with Crippen LogP contribution in [0.1, 0.15) is 18.7 Å². The molecule has 0 fully saturated rings. The van der Waals surface area contributed by atoms with Crippen LogP contribution in [-0.2, 0) is 0 Å². The molecule has 0 aliphatic carbocycles. The van der Waals surface area contributed by atoms with Crippen LogP contribution in [0.5, 0.6) is 0 Å². The average Bonchev–Trinajstić information content (AvgIpc) is 2.75. The number of benzene rings is 1. The summed E-state index contributed by atoms with van der Waals surface area (Å²) in [6, 6.07) is 10.2. The Labute approximate surface area is 130 Å². The van der Waals surface area contributed by atoms with E-state index in [2.05, 4.69) is 61.1 Å². The van der Waals surface area contributed by atoms with E-state index in [-0.39, 0.29) is 6.04 Å². The Balaban J connectivity index is 2.25. The maximum atomic E-state index is 5.58. The number of furan rings is 1. The first-order chi connectivity index (χ1) is 8.97. The maximum Gasteiger partial charge on any atom is 0.169 e. The Morgan fingerprint density at radius 3 is 2.47 bits per heavy atom. The molecule has 0 saturated carbocycles.